The lowest BCUT2D eigenvalue weighted by Gasteiger charge is -2.01. The highest BCUT2D eigenvalue weighted by molar-refractivity contribution is 6.25. The zero-order valence-electron chi connectivity index (χ0n) is 4.17. The minimum absolute atomic E-state index is 0.271. The topological polar surface area (TPSA) is 0 Å². The van der Waals surface area contributed by atoms with Crippen molar-refractivity contribution in [1.29, 1.82) is 0 Å². The van der Waals surface area contributed by atoms with Crippen LogP contribution in [0.5, 0.6) is 0 Å². The highest BCUT2D eigenvalue weighted by Crippen LogP contribution is 2.24. The molecule has 0 aliphatic heterocycles. The molecule has 54 valence electrons. The molecule has 0 amide bonds. The summed E-state index contributed by atoms with van der Waals surface area (Å²) in [5, 5.41) is 0. The van der Waals surface area contributed by atoms with Gasteiger partial charge in [-0.25, -0.2) is 4.39 Å². The second kappa shape index (κ2) is 3.06. The molecule has 0 heterocycles. The Kier molecular flexibility index (Phi) is 2.97. The van der Waals surface area contributed by atoms with Crippen LogP contribution < -0.4 is 0 Å². The number of hydrogen-bond donors (Lipinski definition) is 0. The number of alkyl halides is 3. The van der Waals surface area contributed by atoms with Gasteiger partial charge in [0.2, 0.25) is 0 Å². The maximum absolute atomic E-state index is 11.6. The van der Waals surface area contributed by atoms with Crippen LogP contribution in [-0.2, 0) is 0 Å². The van der Waals surface area contributed by atoms with Crippen LogP contribution in [0, 0.1) is 0 Å². The molecular weight excluding hydrogens is 159 g/mol. The van der Waals surface area contributed by atoms with Gasteiger partial charge in [-0.15, -0.1) is 0 Å². The Morgan fingerprint density at radius 2 is 1.89 bits per heavy atom. The molecular formula is C4H3ClF4. The van der Waals surface area contributed by atoms with Crippen LogP contribution in [0.4, 0.5) is 17.6 Å². The summed E-state index contributed by atoms with van der Waals surface area (Å²) in [6.45, 7) is 0. The van der Waals surface area contributed by atoms with E-state index in [9.17, 15) is 17.6 Å². The van der Waals surface area contributed by atoms with Gasteiger partial charge in [0.05, 0.1) is 6.42 Å². The van der Waals surface area contributed by atoms with Crippen molar-refractivity contribution in [2.45, 2.75) is 12.6 Å². The fourth-order valence-electron chi connectivity index (χ4n) is 0.230. The van der Waals surface area contributed by atoms with Crippen molar-refractivity contribution in [2.24, 2.45) is 0 Å². The van der Waals surface area contributed by atoms with E-state index in [4.69, 9.17) is 0 Å². The second-order valence-corrected chi connectivity index (χ2v) is 1.57. The first-order valence-electron chi connectivity index (χ1n) is 1.97. The summed E-state index contributed by atoms with van der Waals surface area (Å²) in [5.74, 6) is -1.37. The van der Waals surface area contributed by atoms with E-state index in [-0.39, 0.29) is 5.54 Å². The fourth-order valence-corrected chi connectivity index (χ4v) is 0.307. The van der Waals surface area contributed by atoms with Crippen LogP contribution in [0.15, 0.2) is 11.4 Å². The second-order valence-electron chi connectivity index (χ2n) is 1.35. The summed E-state index contributed by atoms with van der Waals surface area (Å²) >= 11 is 4.62. The Bertz CT molecular complexity index is 114. The van der Waals surface area contributed by atoms with Gasteiger partial charge in [-0.2, -0.15) is 13.2 Å². The van der Waals surface area contributed by atoms with Crippen LogP contribution in [-0.4, -0.2) is 6.18 Å². The van der Waals surface area contributed by atoms with E-state index in [2.05, 4.69) is 11.6 Å². The molecule has 9 heavy (non-hydrogen) atoms. The highest BCUT2D eigenvalue weighted by Gasteiger charge is 2.28. The quantitative estimate of drug-likeness (QED) is 0.520. The molecule has 0 bridgehead atoms. The lowest BCUT2D eigenvalue weighted by molar-refractivity contribution is -0.129. The average molecular weight is 163 g/mol. The van der Waals surface area contributed by atoms with E-state index in [1.165, 1.54) is 0 Å². The molecule has 0 rings (SSSR count). The van der Waals surface area contributed by atoms with Crippen molar-refractivity contribution >= 4 is 11.6 Å². The van der Waals surface area contributed by atoms with E-state index >= 15 is 0 Å². The molecule has 0 aromatic heterocycles. The summed E-state index contributed by atoms with van der Waals surface area (Å²) in [6, 6.07) is 0. The van der Waals surface area contributed by atoms with E-state index in [0.717, 1.165) is 0 Å². The third-order valence-corrected chi connectivity index (χ3v) is 0.724. The van der Waals surface area contributed by atoms with Crippen LogP contribution in [0.3, 0.4) is 0 Å². The number of hydrogen-bond acceptors (Lipinski definition) is 0. The van der Waals surface area contributed by atoms with Crippen LogP contribution in [0.25, 0.3) is 0 Å². The first-order valence-corrected chi connectivity index (χ1v) is 2.41. The summed E-state index contributed by atoms with van der Waals surface area (Å²) in [5.41, 5.74) is 0.271. The SMILES string of the molecule is FC(=CCl)CC(F)(F)F. The monoisotopic (exact) mass is 162 g/mol. The van der Waals surface area contributed by atoms with Gasteiger partial charge in [0.1, 0.15) is 5.83 Å². The van der Waals surface area contributed by atoms with Gasteiger partial charge in [-0.05, 0) is 0 Å². The van der Waals surface area contributed by atoms with Crippen molar-refractivity contribution in [3.05, 3.63) is 11.4 Å². The Labute approximate surface area is 54.1 Å². The molecule has 0 N–H and O–H groups in total. The molecule has 0 unspecified atom stereocenters. The molecule has 0 aliphatic carbocycles. The minimum Gasteiger partial charge on any atom is -0.211 e. The van der Waals surface area contributed by atoms with Crippen molar-refractivity contribution in [3.63, 3.8) is 0 Å². The predicted molar refractivity (Wildman–Crippen MR) is 25.7 cm³/mol. The van der Waals surface area contributed by atoms with E-state index in [1.807, 2.05) is 0 Å². The molecule has 0 aromatic rings. The van der Waals surface area contributed by atoms with Crippen molar-refractivity contribution < 1.29 is 17.6 Å². The lowest BCUT2D eigenvalue weighted by atomic mass is 10.4. The van der Waals surface area contributed by atoms with Gasteiger partial charge >= 0.3 is 6.18 Å². The first kappa shape index (κ1) is 8.75. The van der Waals surface area contributed by atoms with Gasteiger partial charge < -0.3 is 0 Å². The standard InChI is InChI=1S/C4H3ClF4/c5-2-3(6)1-4(7,8)9/h2H,1H2. The maximum atomic E-state index is 11.6. The summed E-state index contributed by atoms with van der Waals surface area (Å²) < 4.78 is 45.1. The highest BCUT2D eigenvalue weighted by atomic mass is 35.5. The largest absolute Gasteiger partial charge is 0.395 e. The smallest absolute Gasteiger partial charge is 0.211 e. The van der Waals surface area contributed by atoms with Gasteiger partial charge in [0, 0.05) is 5.54 Å². The van der Waals surface area contributed by atoms with Gasteiger partial charge in [-0.3, -0.25) is 0 Å². The minimum atomic E-state index is -4.50. The maximum Gasteiger partial charge on any atom is 0.395 e. The molecule has 0 spiro atoms. The fraction of sp³-hybridized carbons (Fsp3) is 0.500. The third kappa shape index (κ3) is 5.62. The zero-order valence-corrected chi connectivity index (χ0v) is 4.93. The van der Waals surface area contributed by atoms with Crippen LogP contribution in [0.1, 0.15) is 6.42 Å². The van der Waals surface area contributed by atoms with E-state index in [1.54, 1.807) is 0 Å². The average Bonchev–Trinajstić information content (AvgIpc) is 1.62. The van der Waals surface area contributed by atoms with Gasteiger partial charge in [-0.1, -0.05) is 11.6 Å². The Hall–Kier alpha value is -0.250. The Morgan fingerprint density at radius 1 is 1.44 bits per heavy atom. The molecule has 0 fully saturated rings. The van der Waals surface area contributed by atoms with Crippen molar-refractivity contribution in [3.8, 4) is 0 Å². The molecule has 0 nitrogen and oxygen atoms in total. The summed E-state index contributed by atoms with van der Waals surface area (Å²) in [6.07, 6.45) is -6.09. The van der Waals surface area contributed by atoms with Crippen LogP contribution in [0.2, 0.25) is 0 Å². The van der Waals surface area contributed by atoms with Crippen LogP contribution >= 0.6 is 11.6 Å². The van der Waals surface area contributed by atoms with Gasteiger partial charge in [0.15, 0.2) is 0 Å². The first-order chi connectivity index (χ1) is 3.95. The molecule has 0 aliphatic rings. The Balaban J connectivity index is 3.75. The van der Waals surface area contributed by atoms with E-state index < -0.39 is 18.4 Å². The molecule has 5 heteroatoms. The van der Waals surface area contributed by atoms with Gasteiger partial charge in [0.25, 0.3) is 0 Å². The number of rotatable bonds is 1. The molecule has 0 atom stereocenters. The Morgan fingerprint density at radius 3 is 2.00 bits per heavy atom. The normalized spacial score (nSPS) is 14.1. The van der Waals surface area contributed by atoms with Crippen molar-refractivity contribution in [1.82, 2.24) is 0 Å². The molecule has 0 aromatic carbocycles. The number of halogens is 5. The third-order valence-electron chi connectivity index (χ3n) is 0.488. The molecule has 0 saturated carbocycles. The molecule has 0 radical (unpaired) electrons. The zero-order chi connectivity index (χ0) is 7.49. The van der Waals surface area contributed by atoms with Crippen molar-refractivity contribution in [2.75, 3.05) is 0 Å². The summed E-state index contributed by atoms with van der Waals surface area (Å²) in [4.78, 5) is 0. The predicted octanol–water partition coefficient (Wildman–Crippen LogP) is 2.99. The lowest BCUT2D eigenvalue weighted by Crippen LogP contribution is -2.06. The van der Waals surface area contributed by atoms with E-state index in [0.29, 0.717) is 0 Å². The number of allylic oxidation sites excluding steroid dienone is 1. The summed E-state index contributed by atoms with van der Waals surface area (Å²) in [7, 11) is 0. The molecule has 0 saturated heterocycles.